The third-order valence-electron chi connectivity index (χ3n) is 3.45. The Hall–Kier alpha value is -2.68. The molecule has 0 aliphatic rings. The van der Waals surface area contributed by atoms with Gasteiger partial charge < -0.3 is 5.32 Å². The number of nitrogens with one attached hydrogen (secondary N) is 1. The van der Waals surface area contributed by atoms with E-state index in [0.29, 0.717) is 6.54 Å². The van der Waals surface area contributed by atoms with E-state index in [9.17, 15) is 4.79 Å². The van der Waals surface area contributed by atoms with Crippen LogP contribution in [0.1, 0.15) is 5.56 Å². The number of aryl methyl sites for hydroxylation is 1. The average molecular weight is 277 g/mol. The zero-order valence-electron chi connectivity index (χ0n) is 11.9. The molecule has 0 atom stereocenters. The van der Waals surface area contributed by atoms with Crippen molar-refractivity contribution in [2.24, 2.45) is 0 Å². The minimum Gasteiger partial charge on any atom is -0.320 e. The molecule has 0 aliphatic carbocycles. The van der Waals surface area contributed by atoms with Crippen LogP contribution in [0.4, 0.5) is 5.69 Å². The largest absolute Gasteiger partial charge is 0.320 e. The number of nitrogens with zero attached hydrogens (tertiary/aromatic N) is 1. The van der Waals surface area contributed by atoms with E-state index < -0.39 is 0 Å². The number of aromatic nitrogens is 1. The second-order valence-corrected chi connectivity index (χ2v) is 5.12. The van der Waals surface area contributed by atoms with Gasteiger partial charge in [0.05, 0.1) is 0 Å². The zero-order valence-corrected chi connectivity index (χ0v) is 11.9. The van der Waals surface area contributed by atoms with E-state index in [1.54, 1.807) is 0 Å². The van der Waals surface area contributed by atoms with Gasteiger partial charge in [-0.3, -0.25) is 4.79 Å². The minimum absolute atomic E-state index is 0.0276. The van der Waals surface area contributed by atoms with Crippen molar-refractivity contribution in [2.75, 3.05) is 5.32 Å². The molecule has 0 aliphatic heterocycles. The van der Waals surface area contributed by atoms with Crippen LogP contribution in [0.5, 0.6) is 0 Å². The lowest BCUT2D eigenvalue weighted by molar-refractivity contribution is -0.684. The van der Waals surface area contributed by atoms with Gasteiger partial charge >= 0.3 is 0 Å². The highest BCUT2D eigenvalue weighted by Crippen LogP contribution is 2.22. The maximum Gasteiger partial charge on any atom is 0.290 e. The van der Waals surface area contributed by atoms with E-state index in [2.05, 4.69) is 5.32 Å². The van der Waals surface area contributed by atoms with Crippen LogP contribution >= 0.6 is 0 Å². The standard InChI is InChI=1S/C18H16N2O/c1-14-9-11-20(12-10-14)13-18(21)19-17-8-4-6-15-5-2-3-7-16(15)17/h2-12H,13H2,1H3/p+1. The molecule has 21 heavy (non-hydrogen) atoms. The first kappa shape index (κ1) is 13.3. The fraction of sp³-hybridized carbons (Fsp3) is 0.111. The van der Waals surface area contributed by atoms with Gasteiger partial charge in [-0.2, -0.15) is 4.57 Å². The van der Waals surface area contributed by atoms with E-state index in [4.69, 9.17) is 0 Å². The van der Waals surface area contributed by atoms with Crippen LogP contribution in [0.2, 0.25) is 0 Å². The van der Waals surface area contributed by atoms with Crippen molar-refractivity contribution in [3.8, 4) is 0 Å². The molecule has 0 unspecified atom stereocenters. The maximum atomic E-state index is 12.2. The Morgan fingerprint density at radius 1 is 1.00 bits per heavy atom. The maximum absolute atomic E-state index is 12.2. The third kappa shape index (κ3) is 3.08. The normalized spacial score (nSPS) is 10.5. The van der Waals surface area contributed by atoms with Gasteiger partial charge in [0.2, 0.25) is 6.54 Å². The number of benzene rings is 2. The molecule has 3 aromatic rings. The van der Waals surface area contributed by atoms with Gasteiger partial charge in [0.15, 0.2) is 12.4 Å². The molecule has 1 aromatic heterocycles. The van der Waals surface area contributed by atoms with E-state index in [0.717, 1.165) is 16.5 Å². The fourth-order valence-electron chi connectivity index (χ4n) is 2.33. The van der Waals surface area contributed by atoms with Gasteiger partial charge in [0.1, 0.15) is 0 Å². The van der Waals surface area contributed by atoms with Crippen molar-refractivity contribution in [1.29, 1.82) is 0 Å². The van der Waals surface area contributed by atoms with E-state index in [-0.39, 0.29) is 5.91 Å². The number of pyridine rings is 1. The highest BCUT2D eigenvalue weighted by molar-refractivity contribution is 6.01. The van der Waals surface area contributed by atoms with Crippen LogP contribution in [0, 0.1) is 6.92 Å². The molecule has 1 heterocycles. The smallest absolute Gasteiger partial charge is 0.290 e. The molecule has 1 N–H and O–H groups in total. The number of fused-ring (bicyclic) bond motifs is 1. The molecule has 104 valence electrons. The Labute approximate surface area is 123 Å². The second-order valence-electron chi connectivity index (χ2n) is 5.12. The Kier molecular flexibility index (Phi) is 3.65. The second kappa shape index (κ2) is 5.75. The summed E-state index contributed by atoms with van der Waals surface area (Å²) in [6.45, 7) is 2.34. The molecule has 2 aromatic carbocycles. The van der Waals surface area contributed by atoms with Crippen LogP contribution in [0.15, 0.2) is 67.0 Å². The summed E-state index contributed by atoms with van der Waals surface area (Å²) < 4.78 is 1.87. The zero-order chi connectivity index (χ0) is 14.7. The van der Waals surface area contributed by atoms with E-state index in [1.807, 2.05) is 78.5 Å². The molecule has 0 radical (unpaired) electrons. The van der Waals surface area contributed by atoms with Gasteiger partial charge in [-0.25, -0.2) is 0 Å². The summed E-state index contributed by atoms with van der Waals surface area (Å²) in [5, 5.41) is 5.17. The van der Waals surface area contributed by atoms with E-state index in [1.165, 1.54) is 5.56 Å². The van der Waals surface area contributed by atoms with Crippen LogP contribution < -0.4 is 9.88 Å². The highest BCUT2D eigenvalue weighted by atomic mass is 16.1. The van der Waals surface area contributed by atoms with Crippen LogP contribution in [-0.2, 0) is 11.3 Å². The molecule has 3 nitrogen and oxygen atoms in total. The molecule has 3 rings (SSSR count). The number of amides is 1. The fourth-order valence-corrected chi connectivity index (χ4v) is 2.33. The number of hydrogen-bond acceptors (Lipinski definition) is 1. The molecule has 0 saturated heterocycles. The van der Waals surface area contributed by atoms with Gasteiger partial charge in [0, 0.05) is 23.2 Å². The van der Waals surface area contributed by atoms with Crippen molar-refractivity contribution < 1.29 is 9.36 Å². The predicted molar refractivity (Wildman–Crippen MR) is 84.0 cm³/mol. The SMILES string of the molecule is Cc1cc[n+](CC(=O)Nc2cccc3ccccc23)cc1. The number of carbonyl (C=O) groups excluding carboxylic acids is 1. The first-order valence-electron chi connectivity index (χ1n) is 6.96. The van der Waals surface area contributed by atoms with Crippen LogP contribution in [-0.4, -0.2) is 5.91 Å². The number of hydrogen-bond donors (Lipinski definition) is 1. The Morgan fingerprint density at radius 3 is 2.52 bits per heavy atom. The Bertz CT molecular complexity index is 773. The molecule has 0 fully saturated rings. The van der Waals surface area contributed by atoms with Gasteiger partial charge in [-0.15, -0.1) is 0 Å². The quantitative estimate of drug-likeness (QED) is 0.733. The third-order valence-corrected chi connectivity index (χ3v) is 3.45. The first-order valence-corrected chi connectivity index (χ1v) is 6.96. The average Bonchev–Trinajstić information content (AvgIpc) is 2.50. The van der Waals surface area contributed by atoms with Crippen LogP contribution in [0.3, 0.4) is 0 Å². The molecule has 0 spiro atoms. The first-order chi connectivity index (χ1) is 10.2. The van der Waals surface area contributed by atoms with Crippen molar-refractivity contribution in [1.82, 2.24) is 0 Å². The van der Waals surface area contributed by atoms with Crippen molar-refractivity contribution >= 4 is 22.4 Å². The van der Waals surface area contributed by atoms with Crippen molar-refractivity contribution in [2.45, 2.75) is 13.5 Å². The minimum atomic E-state index is -0.0276. The molecular formula is C18H17N2O+. The molecular weight excluding hydrogens is 260 g/mol. The topological polar surface area (TPSA) is 33.0 Å². The predicted octanol–water partition coefficient (Wildman–Crippen LogP) is 3.07. The number of carbonyl (C=O) groups is 1. The van der Waals surface area contributed by atoms with Crippen molar-refractivity contribution in [3.05, 3.63) is 72.6 Å². The lowest BCUT2D eigenvalue weighted by Gasteiger charge is -2.07. The summed E-state index contributed by atoms with van der Waals surface area (Å²) in [6.07, 6.45) is 3.83. The molecule has 0 saturated carbocycles. The summed E-state index contributed by atoms with van der Waals surface area (Å²) in [6, 6.07) is 17.9. The molecule has 3 heteroatoms. The Morgan fingerprint density at radius 2 is 1.71 bits per heavy atom. The summed E-state index contributed by atoms with van der Waals surface area (Å²) >= 11 is 0. The summed E-state index contributed by atoms with van der Waals surface area (Å²) in [5.74, 6) is -0.0276. The van der Waals surface area contributed by atoms with Gasteiger partial charge in [0.25, 0.3) is 5.91 Å². The summed E-state index contributed by atoms with van der Waals surface area (Å²) in [7, 11) is 0. The summed E-state index contributed by atoms with van der Waals surface area (Å²) in [4.78, 5) is 12.2. The lowest BCUT2D eigenvalue weighted by atomic mass is 10.1. The van der Waals surface area contributed by atoms with E-state index >= 15 is 0 Å². The van der Waals surface area contributed by atoms with Gasteiger partial charge in [-0.1, -0.05) is 36.4 Å². The van der Waals surface area contributed by atoms with Gasteiger partial charge in [-0.05, 0) is 23.9 Å². The Balaban J connectivity index is 1.79. The number of anilines is 1. The lowest BCUT2D eigenvalue weighted by Crippen LogP contribution is -2.39. The monoisotopic (exact) mass is 277 g/mol. The molecule has 1 amide bonds. The van der Waals surface area contributed by atoms with Crippen LogP contribution in [0.25, 0.3) is 10.8 Å². The highest BCUT2D eigenvalue weighted by Gasteiger charge is 2.10. The summed E-state index contributed by atoms with van der Waals surface area (Å²) in [5.41, 5.74) is 2.03. The molecule has 0 bridgehead atoms. The van der Waals surface area contributed by atoms with Crippen molar-refractivity contribution in [3.63, 3.8) is 0 Å². The number of rotatable bonds is 3.